The van der Waals surface area contributed by atoms with Crippen molar-refractivity contribution in [2.24, 2.45) is 10.7 Å². The summed E-state index contributed by atoms with van der Waals surface area (Å²) < 4.78 is 6.23. The fourth-order valence-corrected chi connectivity index (χ4v) is 3.63. The molecule has 0 heterocycles. The number of guanidine groups is 1. The second kappa shape index (κ2) is 7.97. The SMILES string of the molecule is COCC(C)NC(N)=NCC1(c2cccc(Br)c2)CCCC1. The number of methoxy groups -OCH3 is 1. The van der Waals surface area contributed by atoms with Crippen molar-refractivity contribution in [2.45, 2.75) is 44.1 Å². The van der Waals surface area contributed by atoms with E-state index in [1.807, 2.05) is 6.92 Å². The highest BCUT2D eigenvalue weighted by Gasteiger charge is 2.35. The highest BCUT2D eigenvalue weighted by Crippen LogP contribution is 2.42. The third-order valence-electron chi connectivity index (χ3n) is 4.36. The lowest BCUT2D eigenvalue weighted by molar-refractivity contribution is 0.179. The van der Waals surface area contributed by atoms with Crippen molar-refractivity contribution >= 4 is 21.9 Å². The van der Waals surface area contributed by atoms with Gasteiger partial charge in [-0.3, -0.25) is 4.99 Å². The fraction of sp³-hybridized carbons (Fsp3) is 0.588. The number of rotatable bonds is 6. The van der Waals surface area contributed by atoms with E-state index in [-0.39, 0.29) is 11.5 Å². The molecule has 1 aliphatic rings. The van der Waals surface area contributed by atoms with Gasteiger partial charge in [-0.15, -0.1) is 0 Å². The normalized spacial score (nSPS) is 19.1. The van der Waals surface area contributed by atoms with E-state index < -0.39 is 0 Å². The summed E-state index contributed by atoms with van der Waals surface area (Å²) in [5.41, 5.74) is 7.51. The van der Waals surface area contributed by atoms with Crippen LogP contribution in [0.4, 0.5) is 0 Å². The monoisotopic (exact) mass is 367 g/mol. The molecule has 1 saturated carbocycles. The van der Waals surface area contributed by atoms with Crippen LogP contribution in [0.15, 0.2) is 33.7 Å². The summed E-state index contributed by atoms with van der Waals surface area (Å²) >= 11 is 3.58. The Morgan fingerprint density at radius 3 is 2.82 bits per heavy atom. The minimum atomic E-state index is 0.126. The van der Waals surface area contributed by atoms with E-state index in [9.17, 15) is 0 Å². The number of nitrogens with two attached hydrogens (primary N) is 1. The van der Waals surface area contributed by atoms with Crippen molar-refractivity contribution < 1.29 is 4.74 Å². The lowest BCUT2D eigenvalue weighted by Gasteiger charge is -2.28. The van der Waals surface area contributed by atoms with Gasteiger partial charge < -0.3 is 15.8 Å². The van der Waals surface area contributed by atoms with Gasteiger partial charge in [0.15, 0.2) is 5.96 Å². The summed E-state index contributed by atoms with van der Waals surface area (Å²) in [4.78, 5) is 4.62. The highest BCUT2D eigenvalue weighted by atomic mass is 79.9. The summed E-state index contributed by atoms with van der Waals surface area (Å²) in [6.45, 7) is 3.39. The molecule has 1 fully saturated rings. The minimum absolute atomic E-state index is 0.126. The maximum Gasteiger partial charge on any atom is 0.188 e. The van der Waals surface area contributed by atoms with Crippen LogP contribution in [0.3, 0.4) is 0 Å². The van der Waals surface area contributed by atoms with E-state index >= 15 is 0 Å². The Morgan fingerprint density at radius 2 is 2.18 bits per heavy atom. The summed E-state index contributed by atoms with van der Waals surface area (Å²) in [6.07, 6.45) is 4.87. The number of benzene rings is 1. The number of halogens is 1. The van der Waals surface area contributed by atoms with Crippen LogP contribution >= 0.6 is 15.9 Å². The molecule has 1 atom stereocenters. The van der Waals surface area contributed by atoms with Gasteiger partial charge in [-0.2, -0.15) is 0 Å². The van der Waals surface area contributed by atoms with Gasteiger partial charge in [0.1, 0.15) is 0 Å². The van der Waals surface area contributed by atoms with Crippen molar-refractivity contribution in [3.05, 3.63) is 34.3 Å². The average Bonchev–Trinajstić information content (AvgIpc) is 2.95. The second-order valence-electron chi connectivity index (χ2n) is 6.20. The zero-order chi connectivity index (χ0) is 16.0. The molecule has 122 valence electrons. The molecule has 5 heteroatoms. The molecular weight excluding hydrogens is 342 g/mol. The summed E-state index contributed by atoms with van der Waals surface area (Å²) in [7, 11) is 1.69. The van der Waals surface area contributed by atoms with Crippen molar-refractivity contribution in [2.75, 3.05) is 20.3 Å². The number of nitrogens with one attached hydrogen (secondary N) is 1. The molecule has 2 rings (SSSR count). The van der Waals surface area contributed by atoms with Crippen molar-refractivity contribution in [3.63, 3.8) is 0 Å². The summed E-state index contributed by atoms with van der Waals surface area (Å²) in [5.74, 6) is 0.505. The van der Waals surface area contributed by atoms with Crippen LogP contribution in [-0.4, -0.2) is 32.3 Å². The van der Waals surface area contributed by atoms with Gasteiger partial charge >= 0.3 is 0 Å². The number of nitrogens with zero attached hydrogens (tertiary/aromatic N) is 1. The Bertz CT molecular complexity index is 512. The maximum absolute atomic E-state index is 6.02. The molecule has 0 spiro atoms. The Balaban J connectivity index is 2.09. The first-order chi connectivity index (χ1) is 10.6. The zero-order valence-corrected chi connectivity index (χ0v) is 15.0. The first kappa shape index (κ1) is 17.3. The van der Waals surface area contributed by atoms with E-state index in [1.54, 1.807) is 7.11 Å². The smallest absolute Gasteiger partial charge is 0.188 e. The molecule has 0 aliphatic heterocycles. The van der Waals surface area contributed by atoms with E-state index in [4.69, 9.17) is 10.5 Å². The van der Waals surface area contributed by atoms with Gasteiger partial charge in [0.25, 0.3) is 0 Å². The predicted octanol–water partition coefficient (Wildman–Crippen LogP) is 3.20. The fourth-order valence-electron chi connectivity index (χ4n) is 3.23. The Labute approximate surface area is 141 Å². The number of ether oxygens (including phenoxy) is 1. The molecular formula is C17H26BrN3O. The van der Waals surface area contributed by atoms with Crippen LogP contribution in [0.25, 0.3) is 0 Å². The molecule has 4 nitrogen and oxygen atoms in total. The molecule has 1 aliphatic carbocycles. The molecule has 0 amide bonds. The quantitative estimate of drug-likeness (QED) is 0.599. The summed E-state index contributed by atoms with van der Waals surface area (Å²) in [5, 5.41) is 3.18. The van der Waals surface area contributed by atoms with Crippen LogP contribution in [0.1, 0.15) is 38.2 Å². The van der Waals surface area contributed by atoms with Gasteiger partial charge in [-0.05, 0) is 37.5 Å². The largest absolute Gasteiger partial charge is 0.383 e. The number of aliphatic imine (C=N–C) groups is 1. The number of hydrogen-bond donors (Lipinski definition) is 2. The van der Waals surface area contributed by atoms with E-state index in [1.165, 1.54) is 31.2 Å². The molecule has 0 saturated heterocycles. The third kappa shape index (κ3) is 4.46. The lowest BCUT2D eigenvalue weighted by atomic mass is 9.79. The molecule has 0 radical (unpaired) electrons. The first-order valence-electron chi connectivity index (χ1n) is 7.87. The van der Waals surface area contributed by atoms with Crippen LogP contribution in [0, 0.1) is 0 Å². The van der Waals surface area contributed by atoms with Crippen molar-refractivity contribution in [1.29, 1.82) is 0 Å². The Hall–Kier alpha value is -1.07. The van der Waals surface area contributed by atoms with Gasteiger partial charge in [-0.1, -0.05) is 40.9 Å². The topological polar surface area (TPSA) is 59.6 Å². The van der Waals surface area contributed by atoms with Gasteiger partial charge in [0, 0.05) is 23.0 Å². The average molecular weight is 368 g/mol. The van der Waals surface area contributed by atoms with Gasteiger partial charge in [0.2, 0.25) is 0 Å². The molecule has 1 unspecified atom stereocenters. The molecule has 0 aromatic heterocycles. The van der Waals surface area contributed by atoms with Gasteiger partial charge in [-0.25, -0.2) is 0 Å². The molecule has 22 heavy (non-hydrogen) atoms. The summed E-state index contributed by atoms with van der Waals surface area (Å²) in [6, 6.07) is 8.77. The van der Waals surface area contributed by atoms with Crippen LogP contribution < -0.4 is 11.1 Å². The Morgan fingerprint density at radius 1 is 1.45 bits per heavy atom. The van der Waals surface area contributed by atoms with E-state index in [0.29, 0.717) is 12.6 Å². The maximum atomic E-state index is 6.02. The van der Waals surface area contributed by atoms with Crippen LogP contribution in [0.2, 0.25) is 0 Å². The van der Waals surface area contributed by atoms with Crippen molar-refractivity contribution in [1.82, 2.24) is 5.32 Å². The molecule has 3 N–H and O–H groups in total. The van der Waals surface area contributed by atoms with Crippen molar-refractivity contribution in [3.8, 4) is 0 Å². The third-order valence-corrected chi connectivity index (χ3v) is 4.85. The second-order valence-corrected chi connectivity index (χ2v) is 7.12. The van der Waals surface area contributed by atoms with Crippen LogP contribution in [-0.2, 0) is 10.2 Å². The molecule has 1 aromatic carbocycles. The van der Waals surface area contributed by atoms with Gasteiger partial charge in [0.05, 0.1) is 13.2 Å². The first-order valence-corrected chi connectivity index (χ1v) is 8.66. The standard InChI is InChI=1S/C17H26BrN3O/c1-13(11-22-2)21-16(19)20-12-17(8-3-4-9-17)14-6-5-7-15(18)10-14/h5-7,10,13H,3-4,8-9,11-12H2,1-2H3,(H3,19,20,21). The lowest BCUT2D eigenvalue weighted by Crippen LogP contribution is -2.41. The highest BCUT2D eigenvalue weighted by molar-refractivity contribution is 9.10. The number of hydrogen-bond acceptors (Lipinski definition) is 2. The molecule has 1 aromatic rings. The minimum Gasteiger partial charge on any atom is -0.383 e. The van der Waals surface area contributed by atoms with Crippen LogP contribution in [0.5, 0.6) is 0 Å². The zero-order valence-electron chi connectivity index (χ0n) is 13.4. The van der Waals surface area contributed by atoms with E-state index in [0.717, 1.165) is 11.0 Å². The molecule has 0 bridgehead atoms. The Kier molecular flexibility index (Phi) is 6.26. The predicted molar refractivity (Wildman–Crippen MR) is 95.3 cm³/mol. The van der Waals surface area contributed by atoms with E-state index in [2.05, 4.69) is 50.5 Å².